The molecule has 1 heterocycles. The molecular formula is C18H13F3N2O. The van der Waals surface area contributed by atoms with E-state index in [2.05, 4.69) is 10.2 Å². The Bertz CT molecular complexity index is 811. The van der Waals surface area contributed by atoms with Gasteiger partial charge in [-0.25, -0.2) is 0 Å². The third-order valence-electron chi connectivity index (χ3n) is 3.56. The van der Waals surface area contributed by atoms with E-state index in [1.165, 1.54) is 12.1 Å². The average Bonchev–Trinajstić information content (AvgIpc) is 2.61. The predicted octanol–water partition coefficient (Wildman–Crippen LogP) is 4.84. The number of hydrogen-bond acceptors (Lipinski definition) is 3. The van der Waals surface area contributed by atoms with Crippen molar-refractivity contribution in [3.63, 3.8) is 0 Å². The molecule has 24 heavy (non-hydrogen) atoms. The summed E-state index contributed by atoms with van der Waals surface area (Å²) in [5.74, 6) is 0.744. The maximum absolute atomic E-state index is 12.6. The summed E-state index contributed by atoms with van der Waals surface area (Å²) in [6.45, 7) is 0. The molecule has 3 aromatic rings. The Kier molecular flexibility index (Phi) is 4.20. The summed E-state index contributed by atoms with van der Waals surface area (Å²) >= 11 is 0. The predicted molar refractivity (Wildman–Crippen MR) is 84.5 cm³/mol. The summed E-state index contributed by atoms with van der Waals surface area (Å²) in [4.78, 5) is 0. The van der Waals surface area contributed by atoms with E-state index in [0.29, 0.717) is 17.0 Å². The first-order valence-corrected chi connectivity index (χ1v) is 7.13. The number of alkyl halides is 3. The van der Waals surface area contributed by atoms with E-state index < -0.39 is 11.7 Å². The first-order chi connectivity index (χ1) is 11.5. The van der Waals surface area contributed by atoms with Gasteiger partial charge in [-0.2, -0.15) is 13.2 Å². The van der Waals surface area contributed by atoms with E-state index in [-0.39, 0.29) is 0 Å². The van der Waals surface area contributed by atoms with Crippen LogP contribution in [0.2, 0.25) is 0 Å². The molecule has 0 aliphatic heterocycles. The summed E-state index contributed by atoms with van der Waals surface area (Å²) in [6, 6.07) is 15.7. The van der Waals surface area contributed by atoms with Crippen LogP contribution in [0.15, 0.2) is 60.7 Å². The summed E-state index contributed by atoms with van der Waals surface area (Å²) in [6.07, 6.45) is -4.34. The second-order valence-corrected chi connectivity index (χ2v) is 5.11. The Labute approximate surface area is 136 Å². The molecule has 0 saturated heterocycles. The molecule has 0 amide bonds. The Morgan fingerprint density at radius 2 is 1.17 bits per heavy atom. The molecule has 0 fully saturated rings. The summed E-state index contributed by atoms with van der Waals surface area (Å²) in [5, 5.41) is 8.24. The van der Waals surface area contributed by atoms with Crippen LogP contribution in [0.25, 0.3) is 22.5 Å². The molecule has 0 bridgehead atoms. The van der Waals surface area contributed by atoms with Crippen molar-refractivity contribution in [3.8, 4) is 28.3 Å². The van der Waals surface area contributed by atoms with Crippen molar-refractivity contribution in [2.75, 3.05) is 7.11 Å². The van der Waals surface area contributed by atoms with Gasteiger partial charge >= 0.3 is 6.18 Å². The van der Waals surface area contributed by atoms with Gasteiger partial charge in [0.25, 0.3) is 0 Å². The van der Waals surface area contributed by atoms with Crippen LogP contribution < -0.4 is 4.74 Å². The largest absolute Gasteiger partial charge is 0.497 e. The molecule has 3 rings (SSSR count). The van der Waals surface area contributed by atoms with E-state index in [0.717, 1.165) is 23.4 Å². The molecular weight excluding hydrogens is 317 g/mol. The van der Waals surface area contributed by atoms with Crippen LogP contribution in [0.5, 0.6) is 5.75 Å². The van der Waals surface area contributed by atoms with Gasteiger partial charge in [0, 0.05) is 11.1 Å². The molecule has 122 valence electrons. The van der Waals surface area contributed by atoms with Crippen molar-refractivity contribution in [1.29, 1.82) is 0 Å². The molecule has 0 aliphatic carbocycles. The van der Waals surface area contributed by atoms with E-state index in [1.807, 2.05) is 24.3 Å². The molecule has 0 aliphatic rings. The van der Waals surface area contributed by atoms with Gasteiger partial charge in [-0.15, -0.1) is 10.2 Å². The summed E-state index contributed by atoms with van der Waals surface area (Å²) < 4.78 is 42.8. The fourth-order valence-electron chi connectivity index (χ4n) is 2.23. The minimum Gasteiger partial charge on any atom is -0.497 e. The van der Waals surface area contributed by atoms with Crippen molar-refractivity contribution < 1.29 is 17.9 Å². The highest BCUT2D eigenvalue weighted by molar-refractivity contribution is 5.64. The van der Waals surface area contributed by atoms with Gasteiger partial charge in [-0.3, -0.25) is 0 Å². The number of benzene rings is 2. The second kappa shape index (κ2) is 6.31. The number of rotatable bonds is 3. The highest BCUT2D eigenvalue weighted by atomic mass is 19.4. The molecule has 0 unspecified atom stereocenters. The number of aromatic nitrogens is 2. The normalized spacial score (nSPS) is 11.3. The third kappa shape index (κ3) is 3.37. The molecule has 0 radical (unpaired) electrons. The van der Waals surface area contributed by atoms with Crippen molar-refractivity contribution in [2.24, 2.45) is 0 Å². The van der Waals surface area contributed by atoms with Gasteiger partial charge in [0.2, 0.25) is 0 Å². The van der Waals surface area contributed by atoms with E-state index in [1.54, 1.807) is 19.2 Å². The van der Waals surface area contributed by atoms with Crippen LogP contribution >= 0.6 is 0 Å². The lowest BCUT2D eigenvalue weighted by molar-refractivity contribution is -0.137. The van der Waals surface area contributed by atoms with Crippen LogP contribution in [0, 0.1) is 0 Å². The Morgan fingerprint density at radius 3 is 1.54 bits per heavy atom. The van der Waals surface area contributed by atoms with Crippen molar-refractivity contribution in [2.45, 2.75) is 6.18 Å². The van der Waals surface area contributed by atoms with Crippen LogP contribution in [0.4, 0.5) is 13.2 Å². The molecule has 6 heteroatoms. The van der Waals surface area contributed by atoms with Gasteiger partial charge in [0.15, 0.2) is 0 Å². The fraction of sp³-hybridized carbons (Fsp3) is 0.111. The number of methoxy groups -OCH3 is 1. The van der Waals surface area contributed by atoms with Crippen molar-refractivity contribution in [3.05, 3.63) is 66.2 Å². The summed E-state index contributed by atoms with van der Waals surface area (Å²) in [5.41, 5.74) is 1.96. The molecule has 1 aromatic heterocycles. The monoisotopic (exact) mass is 330 g/mol. The average molecular weight is 330 g/mol. The minimum absolute atomic E-state index is 0.515. The molecule has 0 N–H and O–H groups in total. The molecule has 0 saturated carbocycles. The Morgan fingerprint density at radius 1 is 0.708 bits per heavy atom. The van der Waals surface area contributed by atoms with Crippen molar-refractivity contribution in [1.82, 2.24) is 10.2 Å². The second-order valence-electron chi connectivity index (χ2n) is 5.11. The SMILES string of the molecule is COc1ccc(-c2ccc(-c3ccc(C(F)(F)F)cc3)nn2)cc1. The maximum Gasteiger partial charge on any atom is 0.416 e. The van der Waals surface area contributed by atoms with Crippen molar-refractivity contribution >= 4 is 0 Å². The number of ether oxygens (including phenoxy) is 1. The van der Waals surface area contributed by atoms with Crippen LogP contribution in [0.1, 0.15) is 5.56 Å². The maximum atomic E-state index is 12.6. The van der Waals surface area contributed by atoms with E-state index >= 15 is 0 Å². The van der Waals surface area contributed by atoms with Crippen LogP contribution in [-0.4, -0.2) is 17.3 Å². The smallest absolute Gasteiger partial charge is 0.416 e. The zero-order valence-corrected chi connectivity index (χ0v) is 12.7. The number of halogens is 3. The third-order valence-corrected chi connectivity index (χ3v) is 3.56. The summed E-state index contributed by atoms with van der Waals surface area (Å²) in [7, 11) is 1.59. The van der Waals surface area contributed by atoms with Crippen LogP contribution in [0.3, 0.4) is 0 Å². The Balaban J connectivity index is 1.83. The highest BCUT2D eigenvalue weighted by Gasteiger charge is 2.30. The zero-order chi connectivity index (χ0) is 17.2. The number of nitrogens with zero attached hydrogens (tertiary/aromatic N) is 2. The molecule has 3 nitrogen and oxygen atoms in total. The van der Waals surface area contributed by atoms with Gasteiger partial charge in [-0.1, -0.05) is 12.1 Å². The van der Waals surface area contributed by atoms with Gasteiger partial charge in [0.05, 0.1) is 24.1 Å². The first-order valence-electron chi connectivity index (χ1n) is 7.13. The van der Waals surface area contributed by atoms with Gasteiger partial charge < -0.3 is 4.74 Å². The van der Waals surface area contributed by atoms with Crippen LogP contribution in [-0.2, 0) is 6.18 Å². The van der Waals surface area contributed by atoms with E-state index in [9.17, 15) is 13.2 Å². The Hall–Kier alpha value is -2.89. The molecule has 0 atom stereocenters. The topological polar surface area (TPSA) is 35.0 Å². The lowest BCUT2D eigenvalue weighted by atomic mass is 10.1. The fourth-order valence-corrected chi connectivity index (χ4v) is 2.23. The lowest BCUT2D eigenvalue weighted by Crippen LogP contribution is -2.04. The molecule has 0 spiro atoms. The zero-order valence-electron chi connectivity index (χ0n) is 12.7. The van der Waals surface area contributed by atoms with Gasteiger partial charge in [-0.05, 0) is 48.5 Å². The number of hydrogen-bond donors (Lipinski definition) is 0. The van der Waals surface area contributed by atoms with Gasteiger partial charge in [0.1, 0.15) is 5.75 Å². The quantitative estimate of drug-likeness (QED) is 0.689. The highest BCUT2D eigenvalue weighted by Crippen LogP contribution is 2.30. The lowest BCUT2D eigenvalue weighted by Gasteiger charge is -2.07. The standard InChI is InChI=1S/C18H13F3N2O/c1-24-15-8-4-13(5-9-15)17-11-10-16(22-23-17)12-2-6-14(7-3-12)18(19,20)21/h2-11H,1H3. The minimum atomic E-state index is -4.34. The first kappa shape index (κ1) is 16.0. The van der Waals surface area contributed by atoms with E-state index in [4.69, 9.17) is 4.74 Å². The molecule has 2 aromatic carbocycles.